The van der Waals surface area contributed by atoms with Crippen molar-refractivity contribution in [1.82, 2.24) is 0 Å². The van der Waals surface area contributed by atoms with Crippen LogP contribution in [0.5, 0.6) is 5.75 Å². The van der Waals surface area contributed by atoms with Crippen molar-refractivity contribution in [3.63, 3.8) is 0 Å². The zero-order chi connectivity index (χ0) is 17.6. The molecule has 1 aliphatic rings. The summed E-state index contributed by atoms with van der Waals surface area (Å²) in [4.78, 5) is 14.6. The van der Waals surface area contributed by atoms with Gasteiger partial charge in [0.15, 0.2) is 0 Å². The fraction of sp³-hybridized carbons (Fsp3) is 0.316. The van der Waals surface area contributed by atoms with Gasteiger partial charge in [-0.3, -0.25) is 4.79 Å². The molecule has 0 bridgehead atoms. The predicted molar refractivity (Wildman–Crippen MR) is 99.8 cm³/mol. The Kier molecular flexibility index (Phi) is 5.79. The Morgan fingerprint density at radius 3 is 2.76 bits per heavy atom. The Morgan fingerprint density at radius 1 is 1.24 bits per heavy atom. The number of nitrogens with zero attached hydrogens (tertiary/aromatic N) is 1. The van der Waals surface area contributed by atoms with Gasteiger partial charge in [0.05, 0.1) is 43.1 Å². The summed E-state index contributed by atoms with van der Waals surface area (Å²) in [7, 11) is 1.61. The van der Waals surface area contributed by atoms with E-state index in [9.17, 15) is 4.79 Å². The molecule has 0 saturated carbocycles. The lowest BCUT2D eigenvalue weighted by Gasteiger charge is -2.31. The van der Waals surface area contributed by atoms with Crippen LogP contribution in [0.3, 0.4) is 0 Å². The normalized spacial score (nSPS) is 14.2. The van der Waals surface area contributed by atoms with Gasteiger partial charge >= 0.3 is 0 Å². The molecule has 1 amide bonds. The number of morpholine rings is 1. The summed E-state index contributed by atoms with van der Waals surface area (Å²) in [6.45, 7) is 2.82. The molecule has 5 nitrogen and oxygen atoms in total. The quantitative estimate of drug-likeness (QED) is 0.888. The molecule has 1 N–H and O–H groups in total. The molecule has 1 saturated heterocycles. The van der Waals surface area contributed by atoms with Crippen LogP contribution in [0, 0.1) is 0 Å². The van der Waals surface area contributed by atoms with Crippen LogP contribution in [0.1, 0.15) is 5.56 Å². The summed E-state index contributed by atoms with van der Waals surface area (Å²) in [5.74, 6) is 0.645. The first kappa shape index (κ1) is 17.6. The predicted octanol–water partition coefficient (Wildman–Crippen LogP) is 3.37. The molecule has 0 spiro atoms. The standard InChI is InChI=1S/C19H21ClN2O3/c1-24-15-5-2-4-14(12-15)13-18(23)21-17-7-3-6-16(20)19(17)22-8-10-25-11-9-22/h2-7,12H,8-11,13H2,1H3,(H,21,23). The van der Waals surface area contributed by atoms with Crippen LogP contribution in [-0.4, -0.2) is 39.3 Å². The van der Waals surface area contributed by atoms with Gasteiger partial charge in [0, 0.05) is 13.1 Å². The van der Waals surface area contributed by atoms with Crippen molar-refractivity contribution >= 4 is 28.9 Å². The topological polar surface area (TPSA) is 50.8 Å². The van der Waals surface area contributed by atoms with E-state index in [4.69, 9.17) is 21.1 Å². The van der Waals surface area contributed by atoms with Gasteiger partial charge in [-0.25, -0.2) is 0 Å². The van der Waals surface area contributed by atoms with E-state index < -0.39 is 0 Å². The van der Waals surface area contributed by atoms with Crippen LogP contribution in [0.2, 0.25) is 5.02 Å². The van der Waals surface area contributed by atoms with E-state index in [1.165, 1.54) is 0 Å². The average Bonchev–Trinajstić information content (AvgIpc) is 2.62. The summed E-state index contributed by atoms with van der Waals surface area (Å²) in [5.41, 5.74) is 2.47. The van der Waals surface area contributed by atoms with Crippen molar-refractivity contribution in [3.8, 4) is 5.75 Å². The molecule has 0 radical (unpaired) electrons. The van der Waals surface area contributed by atoms with Crippen LogP contribution in [0.4, 0.5) is 11.4 Å². The zero-order valence-electron chi connectivity index (χ0n) is 14.1. The minimum atomic E-state index is -0.0926. The number of para-hydroxylation sites is 1. The first-order chi connectivity index (χ1) is 12.2. The fourth-order valence-electron chi connectivity index (χ4n) is 2.89. The van der Waals surface area contributed by atoms with E-state index in [-0.39, 0.29) is 12.3 Å². The van der Waals surface area contributed by atoms with E-state index in [0.29, 0.717) is 18.2 Å². The Morgan fingerprint density at radius 2 is 2.00 bits per heavy atom. The monoisotopic (exact) mass is 360 g/mol. The summed E-state index contributed by atoms with van der Waals surface area (Å²) in [5, 5.41) is 3.61. The highest BCUT2D eigenvalue weighted by Gasteiger charge is 2.19. The minimum absolute atomic E-state index is 0.0926. The summed E-state index contributed by atoms with van der Waals surface area (Å²) in [6.07, 6.45) is 0.270. The molecule has 3 rings (SSSR count). The van der Waals surface area contributed by atoms with Gasteiger partial charge in [0.2, 0.25) is 5.91 Å². The second-order valence-electron chi connectivity index (χ2n) is 5.81. The molecule has 25 heavy (non-hydrogen) atoms. The number of carbonyl (C=O) groups excluding carboxylic acids is 1. The van der Waals surface area contributed by atoms with Gasteiger partial charge < -0.3 is 19.7 Å². The van der Waals surface area contributed by atoms with Crippen molar-refractivity contribution < 1.29 is 14.3 Å². The van der Waals surface area contributed by atoms with Crippen molar-refractivity contribution in [2.24, 2.45) is 0 Å². The number of benzene rings is 2. The molecule has 1 aliphatic heterocycles. The van der Waals surface area contributed by atoms with Gasteiger partial charge in [0.1, 0.15) is 5.75 Å². The highest BCUT2D eigenvalue weighted by atomic mass is 35.5. The van der Waals surface area contributed by atoms with Crippen molar-refractivity contribution in [3.05, 3.63) is 53.1 Å². The number of carbonyl (C=O) groups is 1. The molecule has 0 atom stereocenters. The lowest BCUT2D eigenvalue weighted by Crippen LogP contribution is -2.37. The van der Waals surface area contributed by atoms with Gasteiger partial charge in [-0.15, -0.1) is 0 Å². The third kappa shape index (κ3) is 4.44. The maximum Gasteiger partial charge on any atom is 0.228 e. The number of ether oxygens (including phenoxy) is 2. The molecular formula is C19H21ClN2O3. The smallest absolute Gasteiger partial charge is 0.228 e. The number of nitrogens with one attached hydrogen (secondary N) is 1. The number of halogens is 1. The van der Waals surface area contributed by atoms with Gasteiger partial charge in [-0.1, -0.05) is 29.8 Å². The molecular weight excluding hydrogens is 340 g/mol. The minimum Gasteiger partial charge on any atom is -0.497 e. The molecule has 1 heterocycles. The van der Waals surface area contributed by atoms with Crippen LogP contribution >= 0.6 is 11.6 Å². The fourth-order valence-corrected chi connectivity index (χ4v) is 3.18. The molecule has 2 aromatic rings. The molecule has 6 heteroatoms. The third-order valence-corrected chi connectivity index (χ3v) is 4.39. The SMILES string of the molecule is COc1cccc(CC(=O)Nc2cccc(Cl)c2N2CCOCC2)c1. The molecule has 1 fully saturated rings. The Labute approximate surface area is 152 Å². The lowest BCUT2D eigenvalue weighted by molar-refractivity contribution is -0.115. The van der Waals surface area contributed by atoms with Crippen LogP contribution < -0.4 is 15.0 Å². The van der Waals surface area contributed by atoms with E-state index in [2.05, 4.69) is 10.2 Å². The highest BCUT2D eigenvalue weighted by Crippen LogP contribution is 2.34. The second kappa shape index (κ2) is 8.23. The highest BCUT2D eigenvalue weighted by molar-refractivity contribution is 6.34. The van der Waals surface area contributed by atoms with Crippen LogP contribution in [0.15, 0.2) is 42.5 Å². The number of rotatable bonds is 5. The molecule has 0 aliphatic carbocycles. The number of amides is 1. The van der Waals surface area contributed by atoms with Gasteiger partial charge in [0.25, 0.3) is 0 Å². The van der Waals surface area contributed by atoms with E-state index >= 15 is 0 Å². The maximum absolute atomic E-state index is 12.5. The van der Waals surface area contributed by atoms with E-state index in [1.807, 2.05) is 42.5 Å². The van der Waals surface area contributed by atoms with Crippen LogP contribution in [0.25, 0.3) is 0 Å². The van der Waals surface area contributed by atoms with Crippen molar-refractivity contribution in [1.29, 1.82) is 0 Å². The van der Waals surface area contributed by atoms with Crippen molar-refractivity contribution in [2.45, 2.75) is 6.42 Å². The lowest BCUT2D eigenvalue weighted by atomic mass is 10.1. The summed E-state index contributed by atoms with van der Waals surface area (Å²) < 4.78 is 10.6. The van der Waals surface area contributed by atoms with Gasteiger partial charge in [-0.05, 0) is 29.8 Å². The summed E-state index contributed by atoms with van der Waals surface area (Å²) in [6, 6.07) is 13.1. The summed E-state index contributed by atoms with van der Waals surface area (Å²) >= 11 is 6.40. The number of hydrogen-bond acceptors (Lipinski definition) is 4. The maximum atomic E-state index is 12.5. The van der Waals surface area contributed by atoms with E-state index in [1.54, 1.807) is 7.11 Å². The molecule has 0 aromatic heterocycles. The van der Waals surface area contributed by atoms with Crippen LogP contribution in [-0.2, 0) is 16.0 Å². The Bertz CT molecular complexity index is 745. The molecule has 0 unspecified atom stereocenters. The molecule has 2 aromatic carbocycles. The number of methoxy groups -OCH3 is 1. The average molecular weight is 361 g/mol. The van der Waals surface area contributed by atoms with Gasteiger partial charge in [-0.2, -0.15) is 0 Å². The van der Waals surface area contributed by atoms with E-state index in [0.717, 1.165) is 35.8 Å². The Balaban J connectivity index is 1.75. The number of anilines is 2. The first-order valence-corrected chi connectivity index (χ1v) is 8.59. The third-order valence-electron chi connectivity index (χ3n) is 4.09. The Hall–Kier alpha value is -2.24. The second-order valence-corrected chi connectivity index (χ2v) is 6.22. The van der Waals surface area contributed by atoms with Crippen molar-refractivity contribution in [2.75, 3.05) is 43.6 Å². The number of hydrogen-bond donors (Lipinski definition) is 1. The first-order valence-electron chi connectivity index (χ1n) is 8.21. The zero-order valence-corrected chi connectivity index (χ0v) is 14.9. The largest absolute Gasteiger partial charge is 0.497 e. The molecule has 132 valence electrons.